The van der Waals surface area contributed by atoms with Crippen LogP contribution in [0.15, 0.2) is 0 Å². The molecular weight excluding hydrogens is 544 g/mol. The number of aliphatic hydroxyl groups is 1. The third-order valence-electron chi connectivity index (χ3n) is 7.32. The van der Waals surface area contributed by atoms with E-state index < -0.39 is 36.4 Å². The van der Waals surface area contributed by atoms with Gasteiger partial charge in [-0.15, -0.1) is 0 Å². The van der Waals surface area contributed by atoms with Crippen molar-refractivity contribution >= 4 is 23.8 Å². The van der Waals surface area contributed by atoms with Crippen molar-refractivity contribution in [1.29, 1.82) is 0 Å². The van der Waals surface area contributed by atoms with Crippen molar-refractivity contribution in [3.05, 3.63) is 0 Å². The van der Waals surface area contributed by atoms with E-state index in [1.807, 2.05) is 0 Å². The fourth-order valence-electron chi connectivity index (χ4n) is 4.82. The van der Waals surface area contributed by atoms with Crippen molar-refractivity contribution in [1.82, 2.24) is 10.6 Å². The van der Waals surface area contributed by atoms with Crippen molar-refractivity contribution in [2.45, 2.75) is 147 Å². The molecule has 11 nitrogen and oxygen atoms in total. The molecule has 6 N–H and O–H groups in total. The minimum absolute atomic E-state index is 0.224. The summed E-state index contributed by atoms with van der Waals surface area (Å²) < 4.78 is 5.67. The molecule has 0 radical (unpaired) electrons. The van der Waals surface area contributed by atoms with Gasteiger partial charge in [-0.2, -0.15) is 0 Å². The molecule has 42 heavy (non-hydrogen) atoms. The van der Waals surface area contributed by atoms with Crippen LogP contribution in [0.4, 0.5) is 0 Å². The minimum Gasteiger partial charge on any atom is -0.481 e. The van der Waals surface area contributed by atoms with Gasteiger partial charge >= 0.3 is 17.9 Å². The molecule has 0 aliphatic carbocycles. The SMILES string of the molecule is CCCCCCCCCCCCCCCCCC(=O)NCCCC1CNCCO1.O=C(O)CC(O)(CC(=O)O)C(=O)O. The van der Waals surface area contributed by atoms with E-state index >= 15 is 0 Å². The first-order chi connectivity index (χ1) is 20.1. The Kier molecular flexibility index (Phi) is 25.0. The fraction of sp³-hybridized carbons (Fsp3) is 0.871. The molecule has 1 unspecified atom stereocenters. The molecular formula is C31H58N2O9. The number of morpholine rings is 1. The number of aliphatic carboxylic acids is 3. The lowest BCUT2D eigenvalue weighted by Crippen LogP contribution is -2.42. The zero-order valence-electron chi connectivity index (χ0n) is 25.9. The van der Waals surface area contributed by atoms with Gasteiger partial charge < -0.3 is 35.8 Å². The predicted octanol–water partition coefficient (Wildman–Crippen LogP) is 4.88. The van der Waals surface area contributed by atoms with Crippen LogP contribution in [-0.2, 0) is 23.9 Å². The Hall–Kier alpha value is -2.24. The van der Waals surface area contributed by atoms with E-state index in [0.29, 0.717) is 12.5 Å². The van der Waals surface area contributed by atoms with Crippen LogP contribution in [0, 0.1) is 0 Å². The van der Waals surface area contributed by atoms with Gasteiger partial charge in [0.05, 0.1) is 25.6 Å². The second kappa shape index (κ2) is 26.4. The summed E-state index contributed by atoms with van der Waals surface area (Å²) in [6.07, 6.45) is 21.2. The van der Waals surface area contributed by atoms with Crippen LogP contribution >= 0.6 is 0 Å². The van der Waals surface area contributed by atoms with Gasteiger partial charge in [0.2, 0.25) is 5.91 Å². The maximum absolute atomic E-state index is 11.9. The molecule has 1 atom stereocenters. The van der Waals surface area contributed by atoms with Crippen molar-refractivity contribution in [3.8, 4) is 0 Å². The Bertz CT molecular complexity index is 711. The highest BCUT2D eigenvalue weighted by molar-refractivity contribution is 5.88. The first-order valence-electron chi connectivity index (χ1n) is 16.1. The first kappa shape index (κ1) is 39.8. The van der Waals surface area contributed by atoms with Crippen molar-refractivity contribution < 1.29 is 44.3 Å². The number of hydrogen-bond acceptors (Lipinski definition) is 7. The van der Waals surface area contributed by atoms with Gasteiger partial charge in [-0.1, -0.05) is 96.8 Å². The molecule has 0 aromatic rings. The Morgan fingerprint density at radius 3 is 1.64 bits per heavy atom. The van der Waals surface area contributed by atoms with E-state index in [1.54, 1.807) is 0 Å². The molecule has 1 aliphatic heterocycles. The topological polar surface area (TPSA) is 182 Å². The van der Waals surface area contributed by atoms with Crippen LogP contribution in [0.3, 0.4) is 0 Å². The Labute approximate surface area is 252 Å². The van der Waals surface area contributed by atoms with Crippen LogP contribution in [0.1, 0.15) is 135 Å². The molecule has 1 saturated heterocycles. The number of amides is 1. The number of nitrogens with one attached hydrogen (secondary N) is 2. The second-order valence-corrected chi connectivity index (χ2v) is 11.4. The lowest BCUT2D eigenvalue weighted by atomic mass is 9.96. The third kappa shape index (κ3) is 24.4. The number of rotatable bonds is 25. The number of unbranched alkanes of at least 4 members (excludes halogenated alkanes) is 14. The molecule has 246 valence electrons. The Morgan fingerprint density at radius 1 is 0.762 bits per heavy atom. The minimum atomic E-state index is -2.74. The Balaban J connectivity index is 0.00000108. The van der Waals surface area contributed by atoms with E-state index in [2.05, 4.69) is 17.6 Å². The van der Waals surface area contributed by atoms with Crippen molar-refractivity contribution in [3.63, 3.8) is 0 Å². The largest absolute Gasteiger partial charge is 0.481 e. The maximum atomic E-state index is 11.9. The third-order valence-corrected chi connectivity index (χ3v) is 7.32. The van der Waals surface area contributed by atoms with Crippen LogP contribution in [0.25, 0.3) is 0 Å². The van der Waals surface area contributed by atoms with Crippen molar-refractivity contribution in [2.75, 3.05) is 26.2 Å². The summed E-state index contributed by atoms with van der Waals surface area (Å²) in [4.78, 5) is 42.4. The Morgan fingerprint density at radius 2 is 1.24 bits per heavy atom. The van der Waals surface area contributed by atoms with E-state index in [9.17, 15) is 19.2 Å². The molecule has 1 rings (SSSR count). The molecule has 0 spiro atoms. The number of carboxylic acid groups (broad SMARTS) is 3. The molecule has 1 amide bonds. The smallest absolute Gasteiger partial charge is 0.336 e. The van der Waals surface area contributed by atoms with Crippen LogP contribution in [-0.4, -0.2) is 82.2 Å². The number of carbonyl (C=O) groups excluding carboxylic acids is 1. The maximum Gasteiger partial charge on any atom is 0.336 e. The normalized spacial score (nSPS) is 15.0. The van der Waals surface area contributed by atoms with Crippen LogP contribution in [0.5, 0.6) is 0 Å². The highest BCUT2D eigenvalue weighted by Gasteiger charge is 2.40. The van der Waals surface area contributed by atoms with Gasteiger partial charge in [-0.05, 0) is 19.3 Å². The summed E-state index contributed by atoms with van der Waals surface area (Å²) in [5, 5.41) is 40.2. The van der Waals surface area contributed by atoms with Crippen LogP contribution in [0.2, 0.25) is 0 Å². The standard InChI is InChI=1S/C25H50N2O2.C6H8O7/c1-2-3-4-5-6-7-8-9-10-11-12-13-14-15-16-19-25(28)27-20-17-18-24-23-26-21-22-29-24;7-3(8)1-6(13,5(11)12)2-4(9)10/h24,26H,2-23H2,1H3,(H,27,28);13H,1-2H2,(H,7,8)(H,9,10)(H,11,12). The average molecular weight is 603 g/mol. The first-order valence-corrected chi connectivity index (χ1v) is 16.1. The van der Waals surface area contributed by atoms with E-state index in [0.717, 1.165) is 45.5 Å². The summed E-state index contributed by atoms with van der Waals surface area (Å²) in [5.74, 6) is -4.79. The molecule has 1 aliphatic rings. The average Bonchev–Trinajstić information content (AvgIpc) is 2.93. The molecule has 0 bridgehead atoms. The quantitative estimate of drug-likeness (QED) is 0.0787. The van der Waals surface area contributed by atoms with Gasteiger partial charge in [-0.25, -0.2) is 4.79 Å². The summed E-state index contributed by atoms with van der Waals surface area (Å²) in [6.45, 7) is 5.80. The molecule has 11 heteroatoms. The molecule has 1 heterocycles. The fourth-order valence-corrected chi connectivity index (χ4v) is 4.82. The number of carboxylic acids is 3. The molecule has 0 aromatic heterocycles. The zero-order chi connectivity index (χ0) is 31.5. The second-order valence-electron chi connectivity index (χ2n) is 11.4. The van der Waals surface area contributed by atoms with Gasteiger partial charge in [-0.3, -0.25) is 14.4 Å². The predicted molar refractivity (Wildman–Crippen MR) is 161 cm³/mol. The highest BCUT2D eigenvalue weighted by atomic mass is 16.5. The summed E-state index contributed by atoms with van der Waals surface area (Å²) in [5.41, 5.74) is -2.74. The molecule has 0 aromatic carbocycles. The van der Waals surface area contributed by atoms with Gasteiger partial charge in [0, 0.05) is 26.1 Å². The monoisotopic (exact) mass is 602 g/mol. The lowest BCUT2D eigenvalue weighted by Gasteiger charge is -2.23. The van der Waals surface area contributed by atoms with Crippen LogP contribution < -0.4 is 10.6 Å². The van der Waals surface area contributed by atoms with Gasteiger partial charge in [0.1, 0.15) is 0 Å². The summed E-state index contributed by atoms with van der Waals surface area (Å²) >= 11 is 0. The van der Waals surface area contributed by atoms with E-state index in [1.165, 1.54) is 89.9 Å². The van der Waals surface area contributed by atoms with Crippen molar-refractivity contribution in [2.24, 2.45) is 0 Å². The number of hydrogen-bond donors (Lipinski definition) is 6. The molecule has 1 fully saturated rings. The lowest BCUT2D eigenvalue weighted by molar-refractivity contribution is -0.170. The summed E-state index contributed by atoms with van der Waals surface area (Å²) in [6, 6.07) is 0. The van der Waals surface area contributed by atoms with Gasteiger partial charge in [0.15, 0.2) is 5.60 Å². The molecule has 0 saturated carbocycles. The number of ether oxygens (including phenoxy) is 1. The number of carbonyl (C=O) groups is 4. The highest BCUT2D eigenvalue weighted by Crippen LogP contribution is 2.16. The van der Waals surface area contributed by atoms with E-state index in [-0.39, 0.29) is 5.91 Å². The summed E-state index contributed by atoms with van der Waals surface area (Å²) in [7, 11) is 0. The van der Waals surface area contributed by atoms with Gasteiger partial charge in [0.25, 0.3) is 0 Å². The van der Waals surface area contributed by atoms with E-state index in [4.69, 9.17) is 25.2 Å². The zero-order valence-corrected chi connectivity index (χ0v) is 25.9.